The van der Waals surface area contributed by atoms with Crippen LogP contribution in [0.1, 0.15) is 11.3 Å². The van der Waals surface area contributed by atoms with Crippen molar-refractivity contribution in [3.8, 4) is 6.01 Å². The number of nitrogens with one attached hydrogen (secondary N) is 1. The van der Waals surface area contributed by atoms with Gasteiger partial charge in [0.25, 0.3) is 0 Å². The summed E-state index contributed by atoms with van der Waals surface area (Å²) in [6.45, 7) is 7.05. The Morgan fingerprint density at radius 1 is 1.27 bits per heavy atom. The molecule has 0 unspecified atom stereocenters. The van der Waals surface area contributed by atoms with Crippen molar-refractivity contribution in [2.24, 2.45) is 0 Å². The van der Waals surface area contributed by atoms with Crippen LogP contribution in [0.25, 0.3) is 0 Å². The first kappa shape index (κ1) is 18.4. The maximum absolute atomic E-state index is 12.4. The molecule has 3 rings (SSSR count). The Kier molecular flexibility index (Phi) is 6.62. The number of aryl methyl sites for hydroxylation is 1. The minimum Gasteiger partial charge on any atom is -0.463 e. The van der Waals surface area contributed by atoms with E-state index in [1.807, 2.05) is 37.3 Å². The van der Waals surface area contributed by atoms with Gasteiger partial charge in [-0.3, -0.25) is 4.90 Å². The predicted octanol–water partition coefficient (Wildman–Crippen LogP) is 1.70. The van der Waals surface area contributed by atoms with Gasteiger partial charge in [0, 0.05) is 32.4 Å². The predicted molar refractivity (Wildman–Crippen MR) is 98.7 cm³/mol. The summed E-state index contributed by atoms with van der Waals surface area (Å²) in [7, 11) is 0. The van der Waals surface area contributed by atoms with Gasteiger partial charge >= 0.3 is 12.0 Å². The fraction of sp³-hybridized carbons (Fsp3) is 0.474. The zero-order chi connectivity index (χ0) is 18.2. The molecule has 140 valence electrons. The largest absolute Gasteiger partial charge is 0.463 e. The van der Waals surface area contributed by atoms with Crippen LogP contribution in [0.5, 0.6) is 6.01 Å². The highest BCUT2D eigenvalue weighted by Crippen LogP contribution is 2.11. The fourth-order valence-electron chi connectivity index (χ4n) is 2.86. The summed E-state index contributed by atoms with van der Waals surface area (Å²) in [5, 5.41) is 2.92. The molecule has 1 N–H and O–H groups in total. The number of carbonyl (C=O) groups is 1. The highest BCUT2D eigenvalue weighted by molar-refractivity contribution is 5.78. The SMILES string of the molecule is Cc1cn(C(=O)NCCc2ccccc2)c(OCCN2CCOCC2)n1. The third kappa shape index (κ3) is 5.31. The highest BCUT2D eigenvalue weighted by atomic mass is 16.5. The number of ether oxygens (including phenoxy) is 2. The molecule has 0 atom stereocenters. The van der Waals surface area contributed by atoms with Crippen molar-refractivity contribution in [1.82, 2.24) is 19.8 Å². The zero-order valence-electron chi connectivity index (χ0n) is 15.2. The lowest BCUT2D eigenvalue weighted by Crippen LogP contribution is -2.39. The maximum Gasteiger partial charge on any atom is 0.329 e. The van der Waals surface area contributed by atoms with Gasteiger partial charge in [0.15, 0.2) is 0 Å². The van der Waals surface area contributed by atoms with Crippen LogP contribution >= 0.6 is 0 Å². The summed E-state index contributed by atoms with van der Waals surface area (Å²) in [6, 6.07) is 10.2. The van der Waals surface area contributed by atoms with Gasteiger partial charge in [0.05, 0.1) is 18.9 Å². The summed E-state index contributed by atoms with van der Waals surface area (Å²) in [5.74, 6) is 0. The first-order valence-corrected chi connectivity index (χ1v) is 9.03. The monoisotopic (exact) mass is 358 g/mol. The van der Waals surface area contributed by atoms with Gasteiger partial charge in [-0.2, -0.15) is 0 Å². The number of morpholine rings is 1. The molecule has 0 spiro atoms. The molecular weight excluding hydrogens is 332 g/mol. The summed E-state index contributed by atoms with van der Waals surface area (Å²) in [5.41, 5.74) is 1.95. The summed E-state index contributed by atoms with van der Waals surface area (Å²) >= 11 is 0. The molecule has 0 bridgehead atoms. The first-order valence-electron chi connectivity index (χ1n) is 9.03. The number of hydrogen-bond acceptors (Lipinski definition) is 5. The molecule has 1 aromatic carbocycles. The Balaban J connectivity index is 1.48. The van der Waals surface area contributed by atoms with Crippen LogP contribution in [0.2, 0.25) is 0 Å². The van der Waals surface area contributed by atoms with E-state index in [9.17, 15) is 4.79 Å². The van der Waals surface area contributed by atoms with Crippen LogP contribution < -0.4 is 10.1 Å². The molecule has 1 aliphatic heterocycles. The van der Waals surface area contributed by atoms with Crippen LogP contribution in [0.3, 0.4) is 0 Å². The Labute approximate surface area is 153 Å². The van der Waals surface area contributed by atoms with Gasteiger partial charge in [-0.1, -0.05) is 30.3 Å². The minimum absolute atomic E-state index is 0.220. The topological polar surface area (TPSA) is 68.6 Å². The number of benzene rings is 1. The van der Waals surface area contributed by atoms with Crippen molar-refractivity contribution < 1.29 is 14.3 Å². The number of nitrogens with zero attached hydrogens (tertiary/aromatic N) is 3. The van der Waals surface area contributed by atoms with Crippen molar-refractivity contribution in [2.75, 3.05) is 46.0 Å². The van der Waals surface area contributed by atoms with Crippen LogP contribution in [-0.4, -0.2) is 66.5 Å². The zero-order valence-corrected chi connectivity index (χ0v) is 15.2. The smallest absolute Gasteiger partial charge is 0.329 e. The Morgan fingerprint density at radius 2 is 2.04 bits per heavy atom. The van der Waals surface area contributed by atoms with E-state index in [1.165, 1.54) is 10.1 Å². The number of aromatic nitrogens is 2. The summed E-state index contributed by atoms with van der Waals surface area (Å²) in [4.78, 5) is 19.0. The standard InChI is InChI=1S/C19H26N4O3/c1-16-15-23(18(24)20-8-7-17-5-3-2-4-6-17)19(21-16)26-14-11-22-9-12-25-13-10-22/h2-6,15H,7-14H2,1H3,(H,20,24). The number of amides is 1. The second-order valence-corrected chi connectivity index (χ2v) is 6.30. The van der Waals surface area contributed by atoms with Crippen LogP contribution in [-0.2, 0) is 11.2 Å². The van der Waals surface area contributed by atoms with Crippen molar-refractivity contribution in [1.29, 1.82) is 0 Å². The maximum atomic E-state index is 12.4. The van der Waals surface area contributed by atoms with Gasteiger partial charge in [-0.25, -0.2) is 14.3 Å². The first-order chi connectivity index (χ1) is 12.7. The van der Waals surface area contributed by atoms with Gasteiger partial charge in [0.1, 0.15) is 6.61 Å². The van der Waals surface area contributed by atoms with Crippen molar-refractivity contribution in [3.05, 3.63) is 47.8 Å². The molecular formula is C19H26N4O3. The van der Waals surface area contributed by atoms with Gasteiger partial charge in [-0.15, -0.1) is 0 Å². The minimum atomic E-state index is -0.220. The van der Waals surface area contributed by atoms with Gasteiger partial charge < -0.3 is 14.8 Å². The molecule has 0 aliphatic carbocycles. The molecule has 26 heavy (non-hydrogen) atoms. The van der Waals surface area contributed by atoms with E-state index in [1.54, 1.807) is 6.20 Å². The molecule has 1 amide bonds. The molecule has 7 nitrogen and oxygen atoms in total. The van der Waals surface area contributed by atoms with Crippen LogP contribution in [0.4, 0.5) is 4.79 Å². The van der Waals surface area contributed by atoms with Crippen molar-refractivity contribution >= 4 is 6.03 Å². The normalized spacial score (nSPS) is 15.0. The molecule has 1 aromatic heterocycles. The van der Waals surface area contributed by atoms with E-state index >= 15 is 0 Å². The third-order valence-corrected chi connectivity index (χ3v) is 4.29. The van der Waals surface area contributed by atoms with E-state index in [4.69, 9.17) is 9.47 Å². The molecule has 1 aliphatic rings. The lowest BCUT2D eigenvalue weighted by atomic mass is 10.1. The van der Waals surface area contributed by atoms with Gasteiger partial charge in [0.2, 0.25) is 0 Å². The van der Waals surface area contributed by atoms with E-state index in [-0.39, 0.29) is 6.03 Å². The lowest BCUT2D eigenvalue weighted by Gasteiger charge is -2.26. The Hall–Kier alpha value is -2.38. The van der Waals surface area contributed by atoms with E-state index < -0.39 is 0 Å². The molecule has 2 heterocycles. The molecule has 2 aromatic rings. The summed E-state index contributed by atoms with van der Waals surface area (Å²) in [6.07, 6.45) is 2.48. The number of rotatable bonds is 7. The second-order valence-electron chi connectivity index (χ2n) is 6.30. The molecule has 0 saturated carbocycles. The third-order valence-electron chi connectivity index (χ3n) is 4.29. The average molecular weight is 358 g/mol. The van der Waals surface area contributed by atoms with Crippen molar-refractivity contribution in [2.45, 2.75) is 13.3 Å². The summed E-state index contributed by atoms with van der Waals surface area (Å²) < 4.78 is 12.5. The molecule has 1 saturated heterocycles. The van der Waals surface area contributed by atoms with Crippen LogP contribution in [0, 0.1) is 6.92 Å². The lowest BCUT2D eigenvalue weighted by molar-refractivity contribution is 0.0316. The van der Waals surface area contributed by atoms with Crippen molar-refractivity contribution in [3.63, 3.8) is 0 Å². The second kappa shape index (κ2) is 9.35. The number of hydrogen-bond donors (Lipinski definition) is 1. The van der Waals surface area contributed by atoms with E-state index in [2.05, 4.69) is 15.2 Å². The van der Waals surface area contributed by atoms with E-state index in [0.717, 1.165) is 45.0 Å². The fourth-order valence-corrected chi connectivity index (χ4v) is 2.86. The Bertz CT molecular complexity index is 696. The number of imidazole rings is 1. The Morgan fingerprint density at radius 3 is 2.81 bits per heavy atom. The van der Waals surface area contributed by atoms with E-state index in [0.29, 0.717) is 19.2 Å². The van der Waals surface area contributed by atoms with Gasteiger partial charge in [-0.05, 0) is 18.9 Å². The molecule has 7 heteroatoms. The highest BCUT2D eigenvalue weighted by Gasteiger charge is 2.15. The quantitative estimate of drug-likeness (QED) is 0.816. The molecule has 1 fully saturated rings. The van der Waals surface area contributed by atoms with Crippen LogP contribution in [0.15, 0.2) is 36.5 Å². The molecule has 0 radical (unpaired) electrons. The number of carbonyl (C=O) groups excluding carboxylic acids is 1. The average Bonchev–Trinajstić information content (AvgIpc) is 3.04.